The highest BCUT2D eigenvalue weighted by Gasteiger charge is 2.10. The third-order valence-electron chi connectivity index (χ3n) is 5.67. The van der Waals surface area contributed by atoms with Gasteiger partial charge in [-0.2, -0.15) is 4.98 Å². The molecule has 0 amide bonds. The van der Waals surface area contributed by atoms with Crippen LogP contribution < -0.4 is 10.6 Å². The zero-order valence-corrected chi connectivity index (χ0v) is 20.5. The van der Waals surface area contributed by atoms with Crippen molar-refractivity contribution in [1.29, 1.82) is 0 Å². The second-order valence-corrected chi connectivity index (χ2v) is 9.45. The molecule has 180 valence electrons. The number of aliphatic carboxylic acids is 1. The quantitative estimate of drug-likeness (QED) is 0.219. The molecule has 7 nitrogen and oxygen atoms in total. The maximum atomic E-state index is 11.0. The SMILES string of the molecule is CCc1ccc2nc(Nc3cc(Cc4ccccc4)nc(Nc4ccc(CC(=O)O)cc4)n3)sc2c1. The third-order valence-corrected chi connectivity index (χ3v) is 6.60. The first-order valence-corrected chi connectivity index (χ1v) is 12.5. The molecule has 0 unspecified atom stereocenters. The van der Waals surface area contributed by atoms with Crippen molar-refractivity contribution in [3.05, 3.63) is 101 Å². The largest absolute Gasteiger partial charge is 0.481 e. The van der Waals surface area contributed by atoms with Crippen LogP contribution in [0.1, 0.15) is 29.3 Å². The van der Waals surface area contributed by atoms with Gasteiger partial charge < -0.3 is 15.7 Å². The van der Waals surface area contributed by atoms with Crippen LogP contribution in [0.15, 0.2) is 78.9 Å². The molecule has 0 aliphatic rings. The molecule has 2 aromatic heterocycles. The fourth-order valence-electron chi connectivity index (χ4n) is 3.87. The van der Waals surface area contributed by atoms with Crippen molar-refractivity contribution in [1.82, 2.24) is 15.0 Å². The van der Waals surface area contributed by atoms with Gasteiger partial charge in [0.1, 0.15) is 5.82 Å². The minimum absolute atomic E-state index is 0.0146. The summed E-state index contributed by atoms with van der Waals surface area (Å²) in [4.78, 5) is 25.1. The standard InChI is InChI=1S/C28H25N5O2S/c1-2-18-10-13-23-24(15-18)36-28(31-23)33-25-17-22(14-19-6-4-3-5-7-19)30-27(32-25)29-21-11-8-20(9-12-21)16-26(34)35/h3-13,15,17H,2,14,16H2,1H3,(H,34,35)(H2,29,30,31,32,33). The minimum atomic E-state index is -0.857. The van der Waals surface area contributed by atoms with Crippen LogP contribution in [-0.2, 0) is 24.1 Å². The molecule has 8 heteroatoms. The summed E-state index contributed by atoms with van der Waals surface area (Å²) in [6.07, 6.45) is 1.63. The summed E-state index contributed by atoms with van der Waals surface area (Å²) in [6, 6.07) is 25.7. The molecule has 0 bridgehead atoms. The van der Waals surface area contributed by atoms with E-state index in [0.29, 0.717) is 18.2 Å². The molecule has 0 aliphatic carbocycles. The van der Waals surface area contributed by atoms with Crippen LogP contribution in [0.4, 0.5) is 22.6 Å². The maximum absolute atomic E-state index is 11.0. The number of aromatic nitrogens is 3. The maximum Gasteiger partial charge on any atom is 0.307 e. The lowest BCUT2D eigenvalue weighted by Crippen LogP contribution is -2.05. The lowest BCUT2D eigenvalue weighted by Gasteiger charge is -2.11. The Bertz CT molecular complexity index is 1500. The van der Waals surface area contributed by atoms with Gasteiger partial charge in [0.25, 0.3) is 0 Å². The van der Waals surface area contributed by atoms with E-state index in [9.17, 15) is 4.79 Å². The number of anilines is 4. The number of hydrogen-bond donors (Lipinski definition) is 3. The van der Waals surface area contributed by atoms with Crippen molar-refractivity contribution in [3.63, 3.8) is 0 Å². The van der Waals surface area contributed by atoms with Crippen molar-refractivity contribution in [2.24, 2.45) is 0 Å². The molecule has 5 aromatic rings. The normalized spacial score (nSPS) is 10.9. The van der Waals surface area contributed by atoms with E-state index in [1.54, 1.807) is 23.5 Å². The Morgan fingerprint density at radius 3 is 2.39 bits per heavy atom. The van der Waals surface area contributed by atoms with E-state index < -0.39 is 5.97 Å². The third kappa shape index (κ3) is 5.84. The van der Waals surface area contributed by atoms with Gasteiger partial charge in [-0.05, 0) is 47.4 Å². The number of nitrogens with one attached hydrogen (secondary N) is 2. The number of rotatable bonds is 9. The fraction of sp³-hybridized carbons (Fsp3) is 0.143. The summed E-state index contributed by atoms with van der Waals surface area (Å²) in [5, 5.41) is 16.4. The van der Waals surface area contributed by atoms with Crippen LogP contribution in [-0.4, -0.2) is 26.0 Å². The van der Waals surface area contributed by atoms with Gasteiger partial charge in [-0.3, -0.25) is 4.79 Å². The molecule has 0 atom stereocenters. The van der Waals surface area contributed by atoms with Gasteiger partial charge in [-0.25, -0.2) is 9.97 Å². The molecule has 0 spiro atoms. The number of hydrogen-bond acceptors (Lipinski definition) is 7. The van der Waals surface area contributed by atoms with Gasteiger partial charge in [0.05, 0.1) is 22.3 Å². The zero-order valence-electron chi connectivity index (χ0n) is 19.7. The first-order chi connectivity index (χ1) is 17.5. The molecule has 5 rings (SSSR count). The van der Waals surface area contributed by atoms with E-state index in [0.717, 1.165) is 44.3 Å². The van der Waals surface area contributed by atoms with E-state index in [1.165, 1.54) is 5.56 Å². The van der Waals surface area contributed by atoms with Crippen LogP contribution >= 0.6 is 11.3 Å². The molecule has 0 aliphatic heterocycles. The van der Waals surface area contributed by atoms with Gasteiger partial charge in [0.2, 0.25) is 5.95 Å². The molecule has 3 aromatic carbocycles. The minimum Gasteiger partial charge on any atom is -0.481 e. The number of carboxylic acid groups (broad SMARTS) is 1. The van der Waals surface area contributed by atoms with Crippen molar-refractivity contribution in [3.8, 4) is 0 Å². The lowest BCUT2D eigenvalue weighted by atomic mass is 10.1. The Morgan fingerprint density at radius 2 is 1.64 bits per heavy atom. The summed E-state index contributed by atoms with van der Waals surface area (Å²) < 4.78 is 1.13. The number of carboxylic acids is 1. The second kappa shape index (κ2) is 10.5. The number of nitrogens with zero attached hydrogens (tertiary/aromatic N) is 3. The zero-order chi connectivity index (χ0) is 24.9. The Hall–Kier alpha value is -4.30. The van der Waals surface area contributed by atoms with Crippen molar-refractivity contribution in [2.75, 3.05) is 10.6 Å². The highest BCUT2D eigenvalue weighted by atomic mass is 32.1. The molecular formula is C28H25N5O2S. The first kappa shape index (κ1) is 23.4. The summed E-state index contributed by atoms with van der Waals surface area (Å²) in [6.45, 7) is 2.14. The number of thiazole rings is 1. The van der Waals surface area contributed by atoms with Crippen LogP contribution in [0.25, 0.3) is 10.2 Å². The van der Waals surface area contributed by atoms with E-state index in [-0.39, 0.29) is 6.42 Å². The Morgan fingerprint density at radius 1 is 0.861 bits per heavy atom. The number of aryl methyl sites for hydroxylation is 1. The summed E-state index contributed by atoms with van der Waals surface area (Å²) >= 11 is 1.60. The molecule has 3 N–H and O–H groups in total. The molecule has 0 fully saturated rings. The smallest absolute Gasteiger partial charge is 0.307 e. The average Bonchev–Trinajstić information content (AvgIpc) is 3.26. The van der Waals surface area contributed by atoms with Crippen LogP contribution in [0.2, 0.25) is 0 Å². The van der Waals surface area contributed by atoms with Crippen molar-refractivity contribution < 1.29 is 9.90 Å². The van der Waals surface area contributed by atoms with Gasteiger partial charge in [0, 0.05) is 18.2 Å². The highest BCUT2D eigenvalue weighted by molar-refractivity contribution is 7.22. The number of fused-ring (bicyclic) bond motifs is 1. The van der Waals surface area contributed by atoms with Gasteiger partial charge in [-0.1, -0.05) is 66.8 Å². The first-order valence-electron chi connectivity index (χ1n) is 11.7. The summed E-state index contributed by atoms with van der Waals surface area (Å²) in [7, 11) is 0. The predicted molar refractivity (Wildman–Crippen MR) is 145 cm³/mol. The average molecular weight is 496 g/mol. The van der Waals surface area contributed by atoms with E-state index in [2.05, 4.69) is 52.9 Å². The molecule has 2 heterocycles. The topological polar surface area (TPSA) is 100 Å². The molecule has 0 saturated carbocycles. The van der Waals surface area contributed by atoms with Crippen molar-refractivity contribution in [2.45, 2.75) is 26.2 Å². The van der Waals surface area contributed by atoms with E-state index in [1.807, 2.05) is 36.4 Å². The van der Waals surface area contributed by atoms with Crippen LogP contribution in [0, 0.1) is 0 Å². The predicted octanol–water partition coefficient (Wildman–Crippen LogP) is 6.35. The van der Waals surface area contributed by atoms with E-state index in [4.69, 9.17) is 15.1 Å². The molecule has 36 heavy (non-hydrogen) atoms. The van der Waals surface area contributed by atoms with Gasteiger partial charge >= 0.3 is 5.97 Å². The molecular weight excluding hydrogens is 470 g/mol. The Balaban J connectivity index is 1.43. The second-order valence-electron chi connectivity index (χ2n) is 8.42. The van der Waals surface area contributed by atoms with Gasteiger partial charge in [-0.15, -0.1) is 0 Å². The summed E-state index contributed by atoms with van der Waals surface area (Å²) in [5.41, 5.74) is 5.76. The van der Waals surface area contributed by atoms with Crippen molar-refractivity contribution >= 4 is 50.1 Å². The fourth-order valence-corrected chi connectivity index (χ4v) is 4.81. The lowest BCUT2D eigenvalue weighted by molar-refractivity contribution is -0.136. The van der Waals surface area contributed by atoms with Crippen LogP contribution in [0.5, 0.6) is 0 Å². The monoisotopic (exact) mass is 495 g/mol. The Labute approximate surface area is 212 Å². The highest BCUT2D eigenvalue weighted by Crippen LogP contribution is 2.29. The van der Waals surface area contributed by atoms with Crippen LogP contribution in [0.3, 0.4) is 0 Å². The molecule has 0 radical (unpaired) electrons. The summed E-state index contributed by atoms with van der Waals surface area (Å²) in [5.74, 6) is 0.242. The Kier molecular flexibility index (Phi) is 6.86. The van der Waals surface area contributed by atoms with Gasteiger partial charge in [0.15, 0.2) is 5.13 Å². The van der Waals surface area contributed by atoms with E-state index >= 15 is 0 Å². The molecule has 0 saturated heterocycles. The number of carbonyl (C=O) groups is 1. The number of benzene rings is 3.